The quantitative estimate of drug-likeness (QED) is 0.673. The molecule has 0 aliphatic carbocycles. The molecule has 102 valence electrons. The molecular weight excluding hydrogens is 244 g/mol. The molecule has 3 N–H and O–H groups in total. The molecule has 0 aliphatic rings. The maximum Gasteiger partial charge on any atom is 0.102 e. The highest BCUT2D eigenvalue weighted by atomic mass is 16.3. The van der Waals surface area contributed by atoms with Crippen molar-refractivity contribution in [2.24, 2.45) is 0 Å². The smallest absolute Gasteiger partial charge is 0.102 e. The van der Waals surface area contributed by atoms with E-state index >= 15 is 0 Å². The van der Waals surface area contributed by atoms with Gasteiger partial charge in [0.25, 0.3) is 0 Å². The Morgan fingerprint density at radius 2 is 1.89 bits per heavy atom. The lowest BCUT2D eigenvalue weighted by atomic mass is 10.1. The summed E-state index contributed by atoms with van der Waals surface area (Å²) in [5, 5.41) is 28.8. The van der Waals surface area contributed by atoms with Crippen LogP contribution in [0.1, 0.15) is 11.3 Å². The van der Waals surface area contributed by atoms with Crippen LogP contribution in [0.5, 0.6) is 0 Å². The average molecular weight is 262 g/mol. The van der Waals surface area contributed by atoms with E-state index in [4.69, 9.17) is 10.2 Å². The number of hydrogen-bond donors (Lipinski definition) is 3. The lowest BCUT2D eigenvalue weighted by molar-refractivity contribution is 0.268. The second-order valence-electron chi connectivity index (χ2n) is 4.22. The molecule has 0 fully saturated rings. The summed E-state index contributed by atoms with van der Waals surface area (Å²) in [4.78, 5) is 0. The van der Waals surface area contributed by atoms with Crippen molar-refractivity contribution in [3.05, 3.63) is 41.7 Å². The van der Waals surface area contributed by atoms with E-state index in [0.29, 0.717) is 19.5 Å². The Morgan fingerprint density at radius 3 is 2.58 bits per heavy atom. The van der Waals surface area contributed by atoms with Crippen LogP contribution in [0.4, 0.5) is 5.69 Å². The topological polar surface area (TPSA) is 83.2 Å². The maximum atomic E-state index is 8.84. The molecule has 6 nitrogen and oxygen atoms in total. The van der Waals surface area contributed by atoms with Gasteiger partial charge in [0.15, 0.2) is 0 Å². The third kappa shape index (κ3) is 4.04. The lowest BCUT2D eigenvalue weighted by Crippen LogP contribution is -2.02. The summed E-state index contributed by atoms with van der Waals surface area (Å²) in [5.41, 5.74) is 2.94. The number of hydrogen-bond acceptors (Lipinski definition) is 5. The van der Waals surface area contributed by atoms with Crippen molar-refractivity contribution in [3.8, 4) is 0 Å². The van der Waals surface area contributed by atoms with Gasteiger partial charge in [0.2, 0.25) is 0 Å². The van der Waals surface area contributed by atoms with E-state index in [9.17, 15) is 0 Å². The zero-order valence-corrected chi connectivity index (χ0v) is 10.7. The molecule has 1 aromatic heterocycles. The summed E-state index contributed by atoms with van der Waals surface area (Å²) in [6, 6.07) is 7.93. The molecule has 1 heterocycles. The van der Waals surface area contributed by atoms with Gasteiger partial charge in [-0.1, -0.05) is 17.3 Å². The fourth-order valence-corrected chi connectivity index (χ4v) is 1.74. The molecule has 0 unspecified atom stereocenters. The van der Waals surface area contributed by atoms with E-state index in [1.54, 1.807) is 4.68 Å². The first-order valence-corrected chi connectivity index (χ1v) is 6.25. The van der Waals surface area contributed by atoms with Crippen molar-refractivity contribution in [3.63, 3.8) is 0 Å². The molecule has 0 radical (unpaired) electrons. The number of anilines is 1. The van der Waals surface area contributed by atoms with Crippen molar-refractivity contribution >= 4 is 5.69 Å². The van der Waals surface area contributed by atoms with Gasteiger partial charge in [-0.15, -0.1) is 5.10 Å². The summed E-state index contributed by atoms with van der Waals surface area (Å²) in [6.45, 7) is 1.27. The minimum Gasteiger partial charge on any atom is -0.396 e. The predicted octanol–water partition coefficient (Wildman–Crippen LogP) is 0.417. The molecule has 6 heteroatoms. The highest BCUT2D eigenvalue weighted by molar-refractivity contribution is 5.44. The Bertz CT molecular complexity index is 496. The SMILES string of the molecule is OCCc1ccc(NCc2cn(CCO)nn2)cc1. The van der Waals surface area contributed by atoms with E-state index in [1.165, 1.54) is 0 Å². The minimum atomic E-state index is 0.0581. The molecule has 2 rings (SSSR count). The lowest BCUT2D eigenvalue weighted by Gasteiger charge is -2.05. The third-order valence-electron chi connectivity index (χ3n) is 2.74. The number of aromatic nitrogens is 3. The van der Waals surface area contributed by atoms with Crippen LogP contribution >= 0.6 is 0 Å². The molecular formula is C13H18N4O2. The second-order valence-corrected chi connectivity index (χ2v) is 4.22. The van der Waals surface area contributed by atoms with Gasteiger partial charge in [-0.2, -0.15) is 0 Å². The summed E-state index contributed by atoms with van der Waals surface area (Å²) in [7, 11) is 0. The fraction of sp³-hybridized carbons (Fsp3) is 0.385. The zero-order chi connectivity index (χ0) is 13.5. The molecule has 0 spiro atoms. The van der Waals surface area contributed by atoms with Crippen LogP contribution in [0, 0.1) is 0 Å². The van der Waals surface area contributed by atoms with Crippen LogP contribution in [0.3, 0.4) is 0 Å². The molecule has 0 atom stereocenters. The summed E-state index contributed by atoms with van der Waals surface area (Å²) < 4.78 is 1.61. The van der Waals surface area contributed by atoms with Crippen molar-refractivity contribution in [1.29, 1.82) is 0 Å². The van der Waals surface area contributed by atoms with Gasteiger partial charge in [-0.3, -0.25) is 0 Å². The largest absolute Gasteiger partial charge is 0.396 e. The van der Waals surface area contributed by atoms with Gasteiger partial charge < -0.3 is 15.5 Å². The van der Waals surface area contributed by atoms with Gasteiger partial charge in [0.05, 0.1) is 25.9 Å². The van der Waals surface area contributed by atoms with Gasteiger partial charge >= 0.3 is 0 Å². The van der Waals surface area contributed by atoms with E-state index in [2.05, 4.69) is 15.6 Å². The molecule has 0 bridgehead atoms. The monoisotopic (exact) mass is 262 g/mol. The zero-order valence-electron chi connectivity index (χ0n) is 10.7. The standard InChI is InChI=1S/C13H18N4O2/c18-7-5-11-1-3-12(4-2-11)14-9-13-10-17(6-8-19)16-15-13/h1-4,10,14,18-19H,5-9H2. The Hall–Kier alpha value is -1.92. The van der Waals surface area contributed by atoms with Gasteiger partial charge in [-0.25, -0.2) is 4.68 Å². The first kappa shape index (κ1) is 13.5. The Labute approximate surface area is 111 Å². The van der Waals surface area contributed by atoms with E-state index < -0.39 is 0 Å². The Balaban J connectivity index is 1.86. The molecule has 1 aromatic carbocycles. The highest BCUT2D eigenvalue weighted by Gasteiger charge is 2.00. The number of benzene rings is 1. The van der Waals surface area contributed by atoms with Crippen LogP contribution in [0.2, 0.25) is 0 Å². The molecule has 19 heavy (non-hydrogen) atoms. The van der Waals surface area contributed by atoms with Crippen LogP contribution < -0.4 is 5.32 Å². The first-order valence-electron chi connectivity index (χ1n) is 6.25. The molecule has 2 aromatic rings. The van der Waals surface area contributed by atoms with E-state index in [-0.39, 0.29) is 13.2 Å². The van der Waals surface area contributed by atoms with Crippen molar-refractivity contribution in [2.75, 3.05) is 18.5 Å². The van der Waals surface area contributed by atoms with Crippen molar-refractivity contribution in [2.45, 2.75) is 19.5 Å². The predicted molar refractivity (Wildman–Crippen MR) is 71.7 cm³/mol. The third-order valence-corrected chi connectivity index (χ3v) is 2.74. The van der Waals surface area contributed by atoms with Gasteiger partial charge in [0, 0.05) is 12.3 Å². The number of aliphatic hydroxyl groups excluding tert-OH is 2. The molecule has 0 amide bonds. The second kappa shape index (κ2) is 6.86. The Kier molecular flexibility index (Phi) is 4.88. The van der Waals surface area contributed by atoms with Crippen LogP contribution in [-0.4, -0.2) is 38.4 Å². The van der Waals surface area contributed by atoms with Crippen molar-refractivity contribution in [1.82, 2.24) is 15.0 Å². The van der Waals surface area contributed by atoms with E-state index in [1.807, 2.05) is 30.5 Å². The fourth-order valence-electron chi connectivity index (χ4n) is 1.74. The summed E-state index contributed by atoms with van der Waals surface area (Å²) in [6.07, 6.45) is 2.49. The minimum absolute atomic E-state index is 0.0581. The van der Waals surface area contributed by atoms with Crippen LogP contribution in [0.15, 0.2) is 30.5 Å². The average Bonchev–Trinajstić information content (AvgIpc) is 2.87. The van der Waals surface area contributed by atoms with E-state index in [0.717, 1.165) is 16.9 Å². The van der Waals surface area contributed by atoms with Crippen LogP contribution in [-0.2, 0) is 19.5 Å². The molecule has 0 saturated heterocycles. The van der Waals surface area contributed by atoms with Gasteiger partial charge in [0.1, 0.15) is 5.69 Å². The van der Waals surface area contributed by atoms with Crippen molar-refractivity contribution < 1.29 is 10.2 Å². The highest BCUT2D eigenvalue weighted by Crippen LogP contribution is 2.10. The molecule has 0 saturated carbocycles. The Morgan fingerprint density at radius 1 is 1.11 bits per heavy atom. The number of nitrogens with one attached hydrogen (secondary N) is 1. The first-order chi connectivity index (χ1) is 9.31. The number of nitrogens with zero attached hydrogens (tertiary/aromatic N) is 3. The summed E-state index contributed by atoms with van der Waals surface area (Å²) >= 11 is 0. The number of rotatable bonds is 7. The summed E-state index contributed by atoms with van der Waals surface area (Å²) in [5.74, 6) is 0. The normalized spacial score (nSPS) is 10.6. The molecule has 0 aliphatic heterocycles. The number of aliphatic hydroxyl groups is 2. The maximum absolute atomic E-state index is 8.84. The van der Waals surface area contributed by atoms with Gasteiger partial charge in [-0.05, 0) is 24.1 Å². The van der Waals surface area contributed by atoms with Crippen LogP contribution in [0.25, 0.3) is 0 Å².